The van der Waals surface area contributed by atoms with Crippen LogP contribution in [0.15, 0.2) is 47.4 Å². The average molecular weight is 490 g/mol. The first-order valence-electron chi connectivity index (χ1n) is 11.6. The van der Waals surface area contributed by atoms with Crippen LogP contribution in [0.5, 0.6) is 11.5 Å². The quantitative estimate of drug-likeness (QED) is 0.547. The SMILES string of the molecule is COc1ccc(CN(C)CC(=O)Nc2cc(S(=O)(=O)N3CCCCC3)ccc2OC(C)C)cc1. The zero-order chi connectivity index (χ0) is 24.7. The van der Waals surface area contributed by atoms with Crippen LogP contribution in [0, 0.1) is 0 Å². The summed E-state index contributed by atoms with van der Waals surface area (Å²) in [5.74, 6) is 0.970. The van der Waals surface area contributed by atoms with E-state index in [2.05, 4.69) is 5.32 Å². The molecule has 1 saturated heterocycles. The molecule has 2 aromatic rings. The summed E-state index contributed by atoms with van der Waals surface area (Å²) in [6.45, 7) is 5.51. The van der Waals surface area contributed by atoms with Gasteiger partial charge in [-0.25, -0.2) is 8.42 Å². The van der Waals surface area contributed by atoms with Crippen LogP contribution in [0.4, 0.5) is 5.69 Å². The second-order valence-corrected chi connectivity index (χ2v) is 10.8. The lowest BCUT2D eigenvalue weighted by molar-refractivity contribution is -0.117. The number of nitrogens with one attached hydrogen (secondary N) is 1. The standard InChI is InChI=1S/C25H35N3O5S/c1-19(2)33-24-13-12-22(34(30,31)28-14-6-5-7-15-28)16-23(24)26-25(29)18-27(3)17-20-8-10-21(32-4)11-9-20/h8-13,16,19H,5-7,14-15,17-18H2,1-4H3,(H,26,29). The Morgan fingerprint density at radius 1 is 1.09 bits per heavy atom. The fraction of sp³-hybridized carbons (Fsp3) is 0.480. The molecule has 0 aliphatic carbocycles. The molecule has 0 aromatic heterocycles. The Bertz CT molecular complexity index is 1060. The molecule has 1 fully saturated rings. The third-order valence-corrected chi connectivity index (χ3v) is 7.46. The summed E-state index contributed by atoms with van der Waals surface area (Å²) in [7, 11) is -0.155. The van der Waals surface area contributed by atoms with E-state index in [1.165, 1.54) is 10.4 Å². The van der Waals surface area contributed by atoms with Crippen LogP contribution in [0.1, 0.15) is 38.7 Å². The van der Waals surface area contributed by atoms with Crippen LogP contribution in [0.3, 0.4) is 0 Å². The number of nitrogens with zero attached hydrogens (tertiary/aromatic N) is 2. The number of piperidine rings is 1. The second-order valence-electron chi connectivity index (χ2n) is 8.86. The molecule has 0 unspecified atom stereocenters. The molecule has 186 valence electrons. The van der Waals surface area contributed by atoms with Crippen LogP contribution in [-0.4, -0.2) is 63.4 Å². The summed E-state index contributed by atoms with van der Waals surface area (Å²) in [5.41, 5.74) is 1.41. The first-order chi connectivity index (χ1) is 16.2. The van der Waals surface area contributed by atoms with E-state index in [9.17, 15) is 13.2 Å². The van der Waals surface area contributed by atoms with E-state index in [0.29, 0.717) is 31.1 Å². The first-order valence-corrected chi connectivity index (χ1v) is 13.0. The fourth-order valence-corrected chi connectivity index (χ4v) is 5.46. The van der Waals surface area contributed by atoms with Crippen LogP contribution in [-0.2, 0) is 21.4 Å². The highest BCUT2D eigenvalue weighted by atomic mass is 32.2. The number of amides is 1. The predicted octanol–water partition coefficient (Wildman–Crippen LogP) is 3.73. The maximum Gasteiger partial charge on any atom is 0.243 e. The van der Waals surface area contributed by atoms with Crippen molar-refractivity contribution in [2.24, 2.45) is 0 Å². The monoisotopic (exact) mass is 489 g/mol. The Balaban J connectivity index is 1.73. The Hall–Kier alpha value is -2.62. The molecule has 1 amide bonds. The van der Waals surface area contributed by atoms with Crippen LogP contribution >= 0.6 is 0 Å². The Morgan fingerprint density at radius 2 is 1.76 bits per heavy atom. The zero-order valence-electron chi connectivity index (χ0n) is 20.4. The summed E-state index contributed by atoms with van der Waals surface area (Å²) in [6, 6.07) is 12.3. The van der Waals surface area contributed by atoms with Crippen molar-refractivity contribution in [3.05, 3.63) is 48.0 Å². The molecule has 1 aliphatic rings. The second kappa shape index (κ2) is 11.7. The minimum Gasteiger partial charge on any atom is -0.497 e. The summed E-state index contributed by atoms with van der Waals surface area (Å²) in [5, 5.41) is 2.86. The van der Waals surface area contributed by atoms with Gasteiger partial charge in [-0.15, -0.1) is 0 Å². The van der Waals surface area contributed by atoms with Gasteiger partial charge >= 0.3 is 0 Å². The summed E-state index contributed by atoms with van der Waals surface area (Å²) >= 11 is 0. The lowest BCUT2D eigenvalue weighted by atomic mass is 10.2. The van der Waals surface area contributed by atoms with Gasteiger partial charge in [0.25, 0.3) is 0 Å². The fourth-order valence-electron chi connectivity index (χ4n) is 3.91. The predicted molar refractivity (Wildman–Crippen MR) is 133 cm³/mol. The molecule has 0 spiro atoms. The number of ether oxygens (including phenoxy) is 2. The van der Waals surface area contributed by atoms with Gasteiger partial charge in [-0.3, -0.25) is 9.69 Å². The largest absolute Gasteiger partial charge is 0.497 e. The highest BCUT2D eigenvalue weighted by Gasteiger charge is 2.27. The molecule has 34 heavy (non-hydrogen) atoms. The van der Waals surface area contributed by atoms with Crippen LogP contribution < -0.4 is 14.8 Å². The average Bonchev–Trinajstić information content (AvgIpc) is 2.80. The summed E-state index contributed by atoms with van der Waals surface area (Å²) in [4.78, 5) is 14.9. The number of carbonyl (C=O) groups is 1. The third-order valence-electron chi connectivity index (χ3n) is 5.57. The van der Waals surface area contributed by atoms with Gasteiger partial charge in [-0.2, -0.15) is 4.31 Å². The number of hydrogen-bond donors (Lipinski definition) is 1. The maximum absolute atomic E-state index is 13.1. The van der Waals surface area contributed by atoms with Crippen molar-refractivity contribution in [1.29, 1.82) is 0 Å². The number of rotatable bonds is 10. The van der Waals surface area contributed by atoms with Crippen molar-refractivity contribution in [1.82, 2.24) is 9.21 Å². The topological polar surface area (TPSA) is 88.2 Å². The Morgan fingerprint density at radius 3 is 2.38 bits per heavy atom. The number of methoxy groups -OCH3 is 1. The van der Waals surface area contributed by atoms with E-state index in [4.69, 9.17) is 9.47 Å². The van der Waals surface area contributed by atoms with Gasteiger partial charge in [0.1, 0.15) is 11.5 Å². The van der Waals surface area contributed by atoms with E-state index < -0.39 is 10.0 Å². The number of sulfonamides is 1. The van der Waals surface area contributed by atoms with E-state index in [0.717, 1.165) is 30.6 Å². The van der Waals surface area contributed by atoms with E-state index in [-0.39, 0.29) is 23.5 Å². The molecule has 0 saturated carbocycles. The highest BCUT2D eigenvalue weighted by molar-refractivity contribution is 7.89. The third kappa shape index (κ3) is 6.94. The summed E-state index contributed by atoms with van der Waals surface area (Å²) < 4.78 is 38.8. The Labute approximate surface area is 202 Å². The smallest absolute Gasteiger partial charge is 0.243 e. The molecule has 1 heterocycles. The number of hydrogen-bond acceptors (Lipinski definition) is 6. The highest BCUT2D eigenvalue weighted by Crippen LogP contribution is 2.31. The van der Waals surface area contributed by atoms with Gasteiger partial charge in [-0.05, 0) is 69.6 Å². The molecule has 0 bridgehead atoms. The molecule has 1 N–H and O–H groups in total. The van der Waals surface area contributed by atoms with Crippen molar-refractivity contribution in [3.8, 4) is 11.5 Å². The lowest BCUT2D eigenvalue weighted by Crippen LogP contribution is -2.35. The molecular weight excluding hydrogens is 454 g/mol. The van der Waals surface area contributed by atoms with Crippen molar-refractivity contribution >= 4 is 21.6 Å². The summed E-state index contributed by atoms with van der Waals surface area (Å²) in [6.07, 6.45) is 2.63. The van der Waals surface area contributed by atoms with E-state index >= 15 is 0 Å². The van der Waals surface area contributed by atoms with Crippen LogP contribution in [0.2, 0.25) is 0 Å². The normalized spacial score (nSPS) is 14.9. The van der Waals surface area contributed by atoms with Gasteiger partial charge in [0, 0.05) is 19.6 Å². The van der Waals surface area contributed by atoms with Gasteiger partial charge < -0.3 is 14.8 Å². The number of carbonyl (C=O) groups excluding carboxylic acids is 1. The van der Waals surface area contributed by atoms with E-state index in [1.54, 1.807) is 19.2 Å². The Kier molecular flexibility index (Phi) is 8.93. The lowest BCUT2D eigenvalue weighted by Gasteiger charge is -2.26. The van der Waals surface area contributed by atoms with Gasteiger partial charge in [0.15, 0.2) is 0 Å². The number of anilines is 1. The number of likely N-dealkylation sites (N-methyl/N-ethyl adjacent to an activating group) is 1. The molecule has 1 aliphatic heterocycles. The molecular formula is C25H35N3O5S. The minimum atomic E-state index is -3.63. The van der Waals surface area contributed by atoms with Crippen molar-refractivity contribution < 1.29 is 22.7 Å². The molecule has 8 nitrogen and oxygen atoms in total. The minimum absolute atomic E-state index is 0.127. The van der Waals surface area contributed by atoms with Crippen LogP contribution in [0.25, 0.3) is 0 Å². The van der Waals surface area contributed by atoms with E-state index in [1.807, 2.05) is 50.1 Å². The molecule has 3 rings (SSSR count). The molecule has 0 radical (unpaired) electrons. The van der Waals surface area contributed by atoms with Gasteiger partial charge in [-0.1, -0.05) is 18.6 Å². The van der Waals surface area contributed by atoms with Crippen molar-refractivity contribution in [2.45, 2.75) is 50.7 Å². The molecule has 9 heteroatoms. The molecule has 2 aromatic carbocycles. The van der Waals surface area contributed by atoms with Crippen molar-refractivity contribution in [2.75, 3.05) is 39.1 Å². The van der Waals surface area contributed by atoms with Gasteiger partial charge in [0.2, 0.25) is 15.9 Å². The maximum atomic E-state index is 13.1. The van der Waals surface area contributed by atoms with Crippen molar-refractivity contribution in [3.63, 3.8) is 0 Å². The first kappa shape index (κ1) is 26.0. The molecule has 0 atom stereocenters. The zero-order valence-corrected chi connectivity index (χ0v) is 21.2. The van der Waals surface area contributed by atoms with Gasteiger partial charge in [0.05, 0.1) is 30.3 Å². The number of benzene rings is 2.